The largest absolute Gasteiger partial charge is 0.490 e. The molecule has 4 rings (SSSR count). The Balaban J connectivity index is 0.000000318. The number of alkyl halides is 3. The predicted molar refractivity (Wildman–Crippen MR) is 103 cm³/mol. The Kier molecular flexibility index (Phi) is 7.02. The summed E-state index contributed by atoms with van der Waals surface area (Å²) in [4.78, 5) is 23.6. The molecule has 0 spiro atoms. The average Bonchev–Trinajstić information content (AvgIpc) is 3.37. The molecule has 1 aromatic carbocycles. The van der Waals surface area contributed by atoms with E-state index in [2.05, 4.69) is 41.4 Å². The van der Waals surface area contributed by atoms with Crippen molar-refractivity contribution in [3.8, 4) is 0 Å². The highest BCUT2D eigenvalue weighted by Gasteiger charge is 2.42. The molecule has 0 aromatic heterocycles. The van der Waals surface area contributed by atoms with Gasteiger partial charge < -0.3 is 15.2 Å². The summed E-state index contributed by atoms with van der Waals surface area (Å²) in [5.74, 6) is -2.08. The van der Waals surface area contributed by atoms with Crippen molar-refractivity contribution in [3.05, 3.63) is 35.4 Å². The van der Waals surface area contributed by atoms with Crippen molar-refractivity contribution in [2.75, 3.05) is 13.1 Å². The fourth-order valence-corrected chi connectivity index (χ4v) is 3.90. The molecule has 3 atom stereocenters. The zero-order valence-electron chi connectivity index (χ0n) is 16.8. The predicted octanol–water partition coefficient (Wildman–Crippen LogP) is 2.89. The second kappa shape index (κ2) is 9.34. The molecular formula is C21H27F3N2O4. The summed E-state index contributed by atoms with van der Waals surface area (Å²) in [6.07, 6.45) is -0.760. The molecule has 2 aliphatic heterocycles. The summed E-state index contributed by atoms with van der Waals surface area (Å²) in [5, 5.41) is 10.2. The quantitative estimate of drug-likeness (QED) is 0.771. The molecule has 0 bridgehead atoms. The van der Waals surface area contributed by atoms with Crippen molar-refractivity contribution in [2.45, 2.75) is 63.6 Å². The lowest BCUT2D eigenvalue weighted by Crippen LogP contribution is -2.42. The molecule has 1 aromatic rings. The number of benzene rings is 1. The molecule has 2 saturated heterocycles. The van der Waals surface area contributed by atoms with Gasteiger partial charge in [-0.3, -0.25) is 9.69 Å². The number of likely N-dealkylation sites (tertiary alicyclic amines) is 1. The van der Waals surface area contributed by atoms with Gasteiger partial charge in [0, 0.05) is 19.1 Å². The zero-order chi connectivity index (χ0) is 21.9. The van der Waals surface area contributed by atoms with Crippen LogP contribution < -0.4 is 5.32 Å². The monoisotopic (exact) mass is 428 g/mol. The average molecular weight is 428 g/mol. The molecule has 0 unspecified atom stereocenters. The molecule has 1 saturated carbocycles. The Labute approximate surface area is 173 Å². The number of piperidine rings is 1. The van der Waals surface area contributed by atoms with Crippen molar-refractivity contribution in [3.63, 3.8) is 0 Å². The van der Waals surface area contributed by atoms with Gasteiger partial charge in [0.1, 0.15) is 6.10 Å². The maximum atomic E-state index is 12.2. The number of aryl methyl sites for hydroxylation is 1. The minimum atomic E-state index is -5.08. The first-order valence-corrected chi connectivity index (χ1v) is 10.2. The molecule has 3 aliphatic rings. The van der Waals surface area contributed by atoms with Crippen LogP contribution in [0.15, 0.2) is 24.3 Å². The number of aliphatic carboxylic acids is 1. The Morgan fingerprint density at radius 3 is 2.57 bits per heavy atom. The second-order valence-corrected chi connectivity index (χ2v) is 8.26. The fourth-order valence-electron chi connectivity index (χ4n) is 3.90. The smallest absolute Gasteiger partial charge is 0.475 e. The third kappa shape index (κ3) is 6.43. The highest BCUT2D eigenvalue weighted by molar-refractivity contribution is 5.81. The Bertz CT molecular complexity index is 767. The SMILES string of the molecule is Cc1cccc(CN2CC[C@H]3C[C@H](C(=O)NC4CC4)O[C@H]3C2)c1.O=C(O)C(F)(F)F. The van der Waals surface area contributed by atoms with Crippen LogP contribution in [0.25, 0.3) is 0 Å². The maximum absolute atomic E-state index is 12.2. The summed E-state index contributed by atoms with van der Waals surface area (Å²) < 4.78 is 37.8. The minimum Gasteiger partial charge on any atom is -0.475 e. The molecule has 30 heavy (non-hydrogen) atoms. The highest BCUT2D eigenvalue weighted by Crippen LogP contribution is 2.34. The fraction of sp³-hybridized carbons (Fsp3) is 0.619. The van der Waals surface area contributed by atoms with Gasteiger partial charge in [-0.25, -0.2) is 4.79 Å². The van der Waals surface area contributed by atoms with Gasteiger partial charge in [-0.2, -0.15) is 13.2 Å². The number of hydrogen-bond acceptors (Lipinski definition) is 4. The molecule has 2 N–H and O–H groups in total. The van der Waals surface area contributed by atoms with E-state index in [0.717, 1.165) is 45.3 Å². The summed E-state index contributed by atoms with van der Waals surface area (Å²) in [7, 11) is 0. The highest BCUT2D eigenvalue weighted by atomic mass is 19.4. The lowest BCUT2D eigenvalue weighted by atomic mass is 9.91. The van der Waals surface area contributed by atoms with Gasteiger partial charge in [-0.05, 0) is 50.6 Å². The third-order valence-corrected chi connectivity index (χ3v) is 5.58. The van der Waals surface area contributed by atoms with Crippen molar-refractivity contribution in [1.29, 1.82) is 0 Å². The number of hydrogen-bond donors (Lipinski definition) is 2. The van der Waals surface area contributed by atoms with Gasteiger partial charge in [-0.1, -0.05) is 29.8 Å². The number of nitrogens with one attached hydrogen (secondary N) is 1. The summed E-state index contributed by atoms with van der Waals surface area (Å²) in [5.41, 5.74) is 2.68. The van der Waals surface area contributed by atoms with Gasteiger partial charge in [-0.15, -0.1) is 0 Å². The van der Waals surface area contributed by atoms with Crippen molar-refractivity contribution < 1.29 is 32.6 Å². The van der Waals surface area contributed by atoms with Crippen LogP contribution in [-0.2, 0) is 20.9 Å². The minimum absolute atomic E-state index is 0.118. The molecule has 6 nitrogen and oxygen atoms in total. The summed E-state index contributed by atoms with van der Waals surface area (Å²) in [6, 6.07) is 9.14. The normalized spacial score (nSPS) is 26.3. The van der Waals surface area contributed by atoms with E-state index in [-0.39, 0.29) is 18.1 Å². The van der Waals surface area contributed by atoms with E-state index >= 15 is 0 Å². The Hall–Kier alpha value is -2.13. The van der Waals surface area contributed by atoms with Crippen molar-refractivity contribution in [1.82, 2.24) is 10.2 Å². The van der Waals surface area contributed by atoms with E-state index in [1.165, 1.54) is 11.1 Å². The number of nitrogens with zero attached hydrogens (tertiary/aromatic N) is 1. The summed E-state index contributed by atoms with van der Waals surface area (Å²) in [6.45, 7) is 5.17. The standard InChI is InChI=1S/C19H26N2O2.C2HF3O2/c1-13-3-2-4-14(9-13)11-21-8-7-15-10-17(23-18(15)12-21)19(22)20-16-5-6-16;3-2(4,5)1(6)7/h2-4,9,15-18H,5-8,10-12H2,1H3,(H,20,22);(H,6,7)/t15-,17+,18-;/m0./s1. The maximum Gasteiger partial charge on any atom is 0.490 e. The lowest BCUT2D eigenvalue weighted by Gasteiger charge is -2.34. The van der Waals surface area contributed by atoms with Crippen LogP contribution in [0.1, 0.15) is 36.8 Å². The van der Waals surface area contributed by atoms with Crippen LogP contribution in [0.5, 0.6) is 0 Å². The van der Waals surface area contributed by atoms with Crippen LogP contribution in [0.3, 0.4) is 0 Å². The van der Waals surface area contributed by atoms with Gasteiger partial charge >= 0.3 is 12.1 Å². The number of halogens is 3. The zero-order valence-corrected chi connectivity index (χ0v) is 16.8. The van der Waals surface area contributed by atoms with E-state index < -0.39 is 12.1 Å². The van der Waals surface area contributed by atoms with Crippen LogP contribution in [0, 0.1) is 12.8 Å². The van der Waals surface area contributed by atoms with Crippen molar-refractivity contribution >= 4 is 11.9 Å². The van der Waals surface area contributed by atoms with Gasteiger partial charge in [0.25, 0.3) is 0 Å². The lowest BCUT2D eigenvalue weighted by molar-refractivity contribution is -0.192. The number of ether oxygens (including phenoxy) is 1. The second-order valence-electron chi connectivity index (χ2n) is 8.26. The van der Waals surface area contributed by atoms with E-state index in [4.69, 9.17) is 14.6 Å². The molecule has 9 heteroatoms. The van der Waals surface area contributed by atoms with E-state index in [1.54, 1.807) is 0 Å². The van der Waals surface area contributed by atoms with E-state index in [1.807, 2.05) is 0 Å². The number of carbonyl (C=O) groups is 2. The number of amides is 1. The third-order valence-electron chi connectivity index (χ3n) is 5.58. The topological polar surface area (TPSA) is 78.9 Å². The van der Waals surface area contributed by atoms with Crippen LogP contribution in [0.2, 0.25) is 0 Å². The Morgan fingerprint density at radius 1 is 1.27 bits per heavy atom. The van der Waals surface area contributed by atoms with Crippen LogP contribution in [-0.4, -0.2) is 59.4 Å². The first-order chi connectivity index (χ1) is 14.1. The molecule has 3 fully saturated rings. The molecular weight excluding hydrogens is 401 g/mol. The number of carboxylic acid groups (broad SMARTS) is 1. The number of rotatable bonds is 4. The van der Waals surface area contributed by atoms with Gasteiger partial charge in [0.2, 0.25) is 5.91 Å². The molecule has 0 radical (unpaired) electrons. The molecule has 1 amide bonds. The summed E-state index contributed by atoms with van der Waals surface area (Å²) >= 11 is 0. The first kappa shape index (κ1) is 22.6. The van der Waals surface area contributed by atoms with Crippen molar-refractivity contribution in [2.24, 2.45) is 5.92 Å². The Morgan fingerprint density at radius 2 is 1.97 bits per heavy atom. The van der Waals surface area contributed by atoms with E-state index in [9.17, 15) is 18.0 Å². The van der Waals surface area contributed by atoms with Crippen LogP contribution >= 0.6 is 0 Å². The number of fused-ring (bicyclic) bond motifs is 1. The number of carbonyl (C=O) groups excluding carboxylic acids is 1. The number of carboxylic acids is 1. The first-order valence-electron chi connectivity index (χ1n) is 10.2. The molecule has 1 aliphatic carbocycles. The van der Waals surface area contributed by atoms with Gasteiger partial charge in [0.15, 0.2) is 0 Å². The molecule has 166 valence electrons. The van der Waals surface area contributed by atoms with Crippen LogP contribution in [0.4, 0.5) is 13.2 Å². The van der Waals surface area contributed by atoms with Gasteiger partial charge in [0.05, 0.1) is 6.10 Å². The van der Waals surface area contributed by atoms with E-state index in [0.29, 0.717) is 12.0 Å². The molecule has 2 heterocycles.